The third kappa shape index (κ3) is 19.1. The highest BCUT2D eigenvalue weighted by Crippen LogP contribution is 1.99. The topological polar surface area (TPSA) is 66.0 Å². The third-order valence-corrected chi connectivity index (χ3v) is 3.05. The number of nitrogens with one attached hydrogen (secondary N) is 1. The molecule has 1 amide bonds. The van der Waals surface area contributed by atoms with E-state index >= 15 is 0 Å². The molecule has 0 saturated carbocycles. The molecule has 0 aliphatic heterocycles. The molecule has 1 N–H and O–H groups in total. The van der Waals surface area contributed by atoms with Crippen molar-refractivity contribution in [1.82, 2.24) is 5.32 Å². The van der Waals surface area contributed by atoms with Crippen molar-refractivity contribution < 1.29 is 23.7 Å². The van der Waals surface area contributed by atoms with Crippen LogP contribution in [0.4, 0.5) is 0 Å². The van der Waals surface area contributed by atoms with Gasteiger partial charge in [-0.2, -0.15) is 0 Å². The number of rotatable bonds is 18. The molecule has 0 spiro atoms. The standard InChI is InChI=1S/C18H35NO5/c1-4-5-6-7-8-18(20)19-9-10-21-11-12-22-13-14-23-15-16-24-17(2)3/h4,17H,1,5-16H2,2-3H3,(H,19,20). The summed E-state index contributed by atoms with van der Waals surface area (Å²) in [4.78, 5) is 11.5. The molecule has 0 bridgehead atoms. The Morgan fingerprint density at radius 3 is 2.12 bits per heavy atom. The monoisotopic (exact) mass is 345 g/mol. The zero-order valence-electron chi connectivity index (χ0n) is 15.4. The first kappa shape index (κ1) is 23.1. The summed E-state index contributed by atoms with van der Waals surface area (Å²) in [6.45, 7) is 12.1. The summed E-state index contributed by atoms with van der Waals surface area (Å²) in [7, 11) is 0. The molecule has 0 fully saturated rings. The van der Waals surface area contributed by atoms with Crippen molar-refractivity contribution in [2.24, 2.45) is 0 Å². The average Bonchev–Trinajstić information content (AvgIpc) is 2.55. The predicted octanol–water partition coefficient (Wildman–Crippen LogP) is 2.32. The minimum absolute atomic E-state index is 0.0810. The Morgan fingerprint density at radius 1 is 0.958 bits per heavy atom. The summed E-state index contributed by atoms with van der Waals surface area (Å²) in [5.74, 6) is 0.0810. The predicted molar refractivity (Wildman–Crippen MR) is 95.2 cm³/mol. The van der Waals surface area contributed by atoms with E-state index in [1.165, 1.54) is 0 Å². The second-order valence-corrected chi connectivity index (χ2v) is 5.64. The molecule has 0 unspecified atom stereocenters. The number of carbonyl (C=O) groups is 1. The van der Waals surface area contributed by atoms with Gasteiger partial charge in [0.25, 0.3) is 0 Å². The lowest BCUT2D eigenvalue weighted by Gasteiger charge is -2.09. The third-order valence-electron chi connectivity index (χ3n) is 3.05. The van der Waals surface area contributed by atoms with E-state index in [1.807, 2.05) is 19.9 Å². The summed E-state index contributed by atoms with van der Waals surface area (Å²) < 4.78 is 21.5. The fourth-order valence-corrected chi connectivity index (χ4v) is 1.81. The Morgan fingerprint density at radius 2 is 1.54 bits per heavy atom. The number of hydrogen-bond acceptors (Lipinski definition) is 5. The first-order chi connectivity index (χ1) is 11.7. The Balaban J connectivity index is 3.12. The van der Waals surface area contributed by atoms with E-state index in [-0.39, 0.29) is 12.0 Å². The molecular weight excluding hydrogens is 310 g/mol. The molecule has 0 aromatic carbocycles. The lowest BCUT2D eigenvalue weighted by atomic mass is 10.2. The number of amides is 1. The van der Waals surface area contributed by atoms with Gasteiger partial charge in [0, 0.05) is 13.0 Å². The van der Waals surface area contributed by atoms with Crippen LogP contribution in [-0.2, 0) is 23.7 Å². The Kier molecular flexibility index (Phi) is 17.7. The van der Waals surface area contributed by atoms with Crippen molar-refractivity contribution in [2.45, 2.75) is 45.6 Å². The maximum absolute atomic E-state index is 11.5. The zero-order chi connectivity index (χ0) is 17.9. The molecule has 142 valence electrons. The highest BCUT2D eigenvalue weighted by atomic mass is 16.6. The van der Waals surface area contributed by atoms with Gasteiger partial charge in [-0.05, 0) is 33.1 Å². The fraction of sp³-hybridized carbons (Fsp3) is 0.833. The van der Waals surface area contributed by atoms with Crippen molar-refractivity contribution >= 4 is 5.91 Å². The van der Waals surface area contributed by atoms with Gasteiger partial charge >= 0.3 is 0 Å². The first-order valence-electron chi connectivity index (χ1n) is 8.89. The summed E-state index contributed by atoms with van der Waals surface area (Å²) in [5.41, 5.74) is 0. The van der Waals surface area contributed by atoms with Gasteiger partial charge in [-0.25, -0.2) is 0 Å². The van der Waals surface area contributed by atoms with E-state index in [9.17, 15) is 4.79 Å². The van der Waals surface area contributed by atoms with Crippen LogP contribution in [0.5, 0.6) is 0 Å². The maximum Gasteiger partial charge on any atom is 0.220 e. The van der Waals surface area contributed by atoms with E-state index in [2.05, 4.69) is 11.9 Å². The van der Waals surface area contributed by atoms with Gasteiger partial charge in [-0.3, -0.25) is 4.79 Å². The van der Waals surface area contributed by atoms with Gasteiger partial charge in [0.15, 0.2) is 0 Å². The van der Waals surface area contributed by atoms with Gasteiger partial charge < -0.3 is 24.3 Å². The molecule has 6 heteroatoms. The maximum atomic E-state index is 11.5. The molecule has 0 atom stereocenters. The average molecular weight is 345 g/mol. The molecule has 0 heterocycles. The second kappa shape index (κ2) is 18.4. The molecule has 0 aliphatic rings. The zero-order valence-corrected chi connectivity index (χ0v) is 15.4. The number of ether oxygens (including phenoxy) is 4. The number of carbonyl (C=O) groups excluding carboxylic acids is 1. The Bertz CT molecular complexity index is 297. The molecule has 6 nitrogen and oxygen atoms in total. The molecule has 0 aliphatic carbocycles. The number of hydrogen-bond donors (Lipinski definition) is 1. The van der Waals surface area contributed by atoms with Crippen LogP contribution in [-0.4, -0.2) is 64.8 Å². The van der Waals surface area contributed by atoms with Crippen LogP contribution in [0.1, 0.15) is 39.5 Å². The van der Waals surface area contributed by atoms with Crippen LogP contribution in [0.2, 0.25) is 0 Å². The van der Waals surface area contributed by atoms with Crippen molar-refractivity contribution in [3.8, 4) is 0 Å². The van der Waals surface area contributed by atoms with Crippen molar-refractivity contribution in [3.63, 3.8) is 0 Å². The van der Waals surface area contributed by atoms with E-state index in [4.69, 9.17) is 18.9 Å². The second-order valence-electron chi connectivity index (χ2n) is 5.64. The van der Waals surface area contributed by atoms with Gasteiger partial charge in [0.1, 0.15) is 0 Å². The highest BCUT2D eigenvalue weighted by Gasteiger charge is 1.99. The highest BCUT2D eigenvalue weighted by molar-refractivity contribution is 5.75. The molecule has 0 saturated heterocycles. The van der Waals surface area contributed by atoms with Crippen LogP contribution in [0, 0.1) is 0 Å². The van der Waals surface area contributed by atoms with Gasteiger partial charge in [-0.15, -0.1) is 6.58 Å². The van der Waals surface area contributed by atoms with Crippen LogP contribution in [0.25, 0.3) is 0 Å². The Labute approximate surface area is 146 Å². The van der Waals surface area contributed by atoms with Crippen LogP contribution in [0.15, 0.2) is 12.7 Å². The molecule has 0 aromatic rings. The number of unbranched alkanes of at least 4 members (excludes halogenated alkanes) is 2. The summed E-state index contributed by atoms with van der Waals surface area (Å²) in [6.07, 6.45) is 5.56. The van der Waals surface area contributed by atoms with E-state index in [0.717, 1.165) is 19.3 Å². The fourth-order valence-electron chi connectivity index (χ4n) is 1.81. The smallest absolute Gasteiger partial charge is 0.220 e. The van der Waals surface area contributed by atoms with E-state index < -0.39 is 0 Å². The SMILES string of the molecule is C=CCCCCC(=O)NCCOCCOCCOCCOC(C)C. The van der Waals surface area contributed by atoms with Crippen LogP contribution in [0.3, 0.4) is 0 Å². The molecular formula is C18H35NO5. The quantitative estimate of drug-likeness (QED) is 0.305. The number of allylic oxidation sites excluding steroid dienone is 1. The summed E-state index contributed by atoms with van der Waals surface area (Å²) >= 11 is 0. The molecule has 0 rings (SSSR count). The molecule has 0 radical (unpaired) electrons. The minimum Gasteiger partial charge on any atom is -0.377 e. The van der Waals surface area contributed by atoms with Gasteiger partial charge in [0.2, 0.25) is 5.91 Å². The van der Waals surface area contributed by atoms with Crippen LogP contribution >= 0.6 is 0 Å². The minimum atomic E-state index is 0.0810. The van der Waals surface area contributed by atoms with E-state index in [0.29, 0.717) is 59.2 Å². The largest absolute Gasteiger partial charge is 0.377 e. The van der Waals surface area contributed by atoms with Gasteiger partial charge in [-0.1, -0.05) is 6.08 Å². The van der Waals surface area contributed by atoms with Gasteiger partial charge in [0.05, 0.1) is 52.4 Å². The first-order valence-corrected chi connectivity index (χ1v) is 8.89. The molecule has 0 aromatic heterocycles. The lowest BCUT2D eigenvalue weighted by molar-refractivity contribution is -0.121. The normalized spacial score (nSPS) is 11.0. The van der Waals surface area contributed by atoms with Crippen molar-refractivity contribution in [1.29, 1.82) is 0 Å². The summed E-state index contributed by atoms with van der Waals surface area (Å²) in [5, 5.41) is 2.84. The van der Waals surface area contributed by atoms with Crippen LogP contribution < -0.4 is 5.32 Å². The van der Waals surface area contributed by atoms with E-state index in [1.54, 1.807) is 0 Å². The van der Waals surface area contributed by atoms with Crippen molar-refractivity contribution in [3.05, 3.63) is 12.7 Å². The van der Waals surface area contributed by atoms with Crippen molar-refractivity contribution in [2.75, 3.05) is 52.8 Å². The Hall–Kier alpha value is -0.950. The summed E-state index contributed by atoms with van der Waals surface area (Å²) in [6, 6.07) is 0. The molecule has 24 heavy (non-hydrogen) atoms. The lowest BCUT2D eigenvalue weighted by Crippen LogP contribution is -2.27.